The maximum atomic E-state index is 12.3. The van der Waals surface area contributed by atoms with E-state index in [-0.39, 0.29) is 5.91 Å². The average Bonchev–Trinajstić information content (AvgIpc) is 3.33. The highest BCUT2D eigenvalue weighted by Gasteiger charge is 2.23. The van der Waals surface area contributed by atoms with E-state index in [1.54, 1.807) is 36.4 Å². The van der Waals surface area contributed by atoms with Crippen LogP contribution in [0.5, 0.6) is 0 Å². The fourth-order valence-electron chi connectivity index (χ4n) is 3.23. The third-order valence-electron chi connectivity index (χ3n) is 4.63. The summed E-state index contributed by atoms with van der Waals surface area (Å²) < 4.78 is 5.42. The van der Waals surface area contributed by atoms with Crippen molar-refractivity contribution in [1.82, 2.24) is 10.1 Å². The predicted octanol–water partition coefficient (Wildman–Crippen LogP) is 5.30. The van der Waals surface area contributed by atoms with Gasteiger partial charge in [-0.15, -0.1) is 0 Å². The molecule has 0 unspecified atom stereocenters. The zero-order chi connectivity index (χ0) is 17.9. The molecular weight excluding hydrogens is 350 g/mol. The Labute approximate surface area is 156 Å². The summed E-state index contributed by atoms with van der Waals surface area (Å²) in [6.07, 6.45) is 4.67. The van der Waals surface area contributed by atoms with E-state index >= 15 is 0 Å². The number of carbonyl (C=O) groups is 1. The van der Waals surface area contributed by atoms with Crippen LogP contribution in [0.15, 0.2) is 53.1 Å². The van der Waals surface area contributed by atoms with E-state index in [0.29, 0.717) is 28.0 Å². The van der Waals surface area contributed by atoms with Gasteiger partial charge >= 0.3 is 0 Å². The van der Waals surface area contributed by atoms with Gasteiger partial charge in [0, 0.05) is 27.8 Å². The molecule has 1 aromatic heterocycles. The molecule has 3 aromatic rings. The van der Waals surface area contributed by atoms with Crippen molar-refractivity contribution in [2.75, 3.05) is 5.32 Å². The minimum Gasteiger partial charge on any atom is -0.339 e. The lowest BCUT2D eigenvalue weighted by atomic mass is 10.1. The fraction of sp³-hybridized carbons (Fsp3) is 0.250. The molecule has 1 aliphatic rings. The third-order valence-corrected chi connectivity index (χ3v) is 4.87. The normalized spacial score (nSPS) is 14.5. The van der Waals surface area contributed by atoms with E-state index in [9.17, 15) is 4.79 Å². The van der Waals surface area contributed by atoms with E-state index in [0.717, 1.165) is 24.3 Å². The van der Waals surface area contributed by atoms with Gasteiger partial charge in [-0.1, -0.05) is 47.8 Å². The molecule has 1 saturated carbocycles. The van der Waals surface area contributed by atoms with Crippen molar-refractivity contribution in [3.8, 4) is 11.4 Å². The van der Waals surface area contributed by atoms with E-state index in [2.05, 4.69) is 15.5 Å². The summed E-state index contributed by atoms with van der Waals surface area (Å²) in [5, 5.41) is 7.49. The van der Waals surface area contributed by atoms with Crippen LogP contribution < -0.4 is 5.32 Å². The lowest BCUT2D eigenvalue weighted by molar-refractivity contribution is 0.102. The topological polar surface area (TPSA) is 68.0 Å². The number of halogens is 1. The number of rotatable bonds is 4. The second kappa shape index (κ2) is 7.30. The van der Waals surface area contributed by atoms with Gasteiger partial charge in [0.2, 0.25) is 11.7 Å². The SMILES string of the molecule is O=C(Nc1cccc(Cl)c1)c1ccc(-c2noc(C3CCCC3)n2)cc1. The summed E-state index contributed by atoms with van der Waals surface area (Å²) in [7, 11) is 0. The molecule has 1 heterocycles. The lowest BCUT2D eigenvalue weighted by Crippen LogP contribution is -2.11. The van der Waals surface area contributed by atoms with Gasteiger partial charge in [-0.3, -0.25) is 4.79 Å². The largest absolute Gasteiger partial charge is 0.339 e. The zero-order valence-electron chi connectivity index (χ0n) is 14.1. The van der Waals surface area contributed by atoms with Crippen LogP contribution >= 0.6 is 11.6 Å². The molecule has 1 N–H and O–H groups in total. The number of aromatic nitrogens is 2. The van der Waals surface area contributed by atoms with Crippen LogP contribution in [0.1, 0.15) is 47.8 Å². The summed E-state index contributed by atoms with van der Waals surface area (Å²) in [4.78, 5) is 16.9. The van der Waals surface area contributed by atoms with Crippen molar-refractivity contribution in [1.29, 1.82) is 0 Å². The summed E-state index contributed by atoms with van der Waals surface area (Å²) in [5.74, 6) is 1.48. The summed E-state index contributed by atoms with van der Waals surface area (Å²) in [6, 6.07) is 14.2. The quantitative estimate of drug-likeness (QED) is 0.679. The highest BCUT2D eigenvalue weighted by atomic mass is 35.5. The number of anilines is 1. The van der Waals surface area contributed by atoms with Crippen LogP contribution in [0.4, 0.5) is 5.69 Å². The van der Waals surface area contributed by atoms with Gasteiger partial charge in [-0.25, -0.2) is 0 Å². The van der Waals surface area contributed by atoms with Gasteiger partial charge in [0.15, 0.2) is 0 Å². The molecule has 4 rings (SSSR count). The molecule has 0 spiro atoms. The Morgan fingerprint density at radius 1 is 1.12 bits per heavy atom. The highest BCUT2D eigenvalue weighted by Crippen LogP contribution is 2.33. The minimum atomic E-state index is -0.196. The van der Waals surface area contributed by atoms with Gasteiger partial charge in [-0.2, -0.15) is 4.98 Å². The van der Waals surface area contributed by atoms with E-state index in [4.69, 9.17) is 16.1 Å². The van der Waals surface area contributed by atoms with Crippen LogP contribution in [0.2, 0.25) is 5.02 Å². The Hall–Kier alpha value is -2.66. The first kappa shape index (κ1) is 16.8. The molecule has 1 amide bonds. The lowest BCUT2D eigenvalue weighted by Gasteiger charge is -2.06. The van der Waals surface area contributed by atoms with Crippen molar-refractivity contribution in [2.24, 2.45) is 0 Å². The van der Waals surface area contributed by atoms with E-state index < -0.39 is 0 Å². The summed E-state index contributed by atoms with van der Waals surface area (Å²) in [6.45, 7) is 0. The van der Waals surface area contributed by atoms with Crippen molar-refractivity contribution in [2.45, 2.75) is 31.6 Å². The summed E-state index contributed by atoms with van der Waals surface area (Å²) >= 11 is 5.94. The van der Waals surface area contributed by atoms with Gasteiger partial charge < -0.3 is 9.84 Å². The first-order chi connectivity index (χ1) is 12.7. The Morgan fingerprint density at radius 2 is 1.88 bits per heavy atom. The Balaban J connectivity index is 1.47. The van der Waals surface area contributed by atoms with Gasteiger partial charge in [0.25, 0.3) is 5.91 Å². The molecule has 6 heteroatoms. The van der Waals surface area contributed by atoms with Crippen molar-refractivity contribution in [3.63, 3.8) is 0 Å². The Morgan fingerprint density at radius 3 is 2.62 bits per heavy atom. The zero-order valence-corrected chi connectivity index (χ0v) is 14.9. The molecule has 0 atom stereocenters. The van der Waals surface area contributed by atoms with Crippen LogP contribution in [-0.2, 0) is 0 Å². The van der Waals surface area contributed by atoms with Crippen molar-refractivity contribution >= 4 is 23.2 Å². The molecule has 0 bridgehead atoms. The molecule has 0 saturated heterocycles. The van der Waals surface area contributed by atoms with E-state index in [1.165, 1.54) is 12.8 Å². The van der Waals surface area contributed by atoms with E-state index in [1.807, 2.05) is 12.1 Å². The average molecular weight is 368 g/mol. The molecular formula is C20H18ClN3O2. The first-order valence-electron chi connectivity index (χ1n) is 8.70. The van der Waals surface area contributed by atoms with Crippen LogP contribution in [0.25, 0.3) is 11.4 Å². The Kier molecular flexibility index (Phi) is 4.71. The minimum absolute atomic E-state index is 0.196. The summed E-state index contributed by atoms with van der Waals surface area (Å²) in [5.41, 5.74) is 2.04. The van der Waals surface area contributed by atoms with Crippen molar-refractivity contribution < 1.29 is 9.32 Å². The van der Waals surface area contributed by atoms with Gasteiger partial charge in [0.1, 0.15) is 0 Å². The number of nitrogens with one attached hydrogen (secondary N) is 1. The number of carbonyl (C=O) groups excluding carboxylic acids is 1. The van der Waals surface area contributed by atoms with Crippen LogP contribution in [0.3, 0.4) is 0 Å². The molecule has 132 valence electrons. The number of amides is 1. The number of nitrogens with zero attached hydrogens (tertiary/aromatic N) is 2. The number of hydrogen-bond acceptors (Lipinski definition) is 4. The number of benzene rings is 2. The first-order valence-corrected chi connectivity index (χ1v) is 9.08. The van der Waals surface area contributed by atoms with Gasteiger partial charge in [0.05, 0.1) is 0 Å². The molecule has 5 nitrogen and oxygen atoms in total. The monoisotopic (exact) mass is 367 g/mol. The van der Waals surface area contributed by atoms with Crippen molar-refractivity contribution in [3.05, 3.63) is 65.0 Å². The molecule has 0 aliphatic heterocycles. The molecule has 26 heavy (non-hydrogen) atoms. The maximum absolute atomic E-state index is 12.3. The maximum Gasteiger partial charge on any atom is 0.255 e. The van der Waals surface area contributed by atoms with Crippen LogP contribution in [-0.4, -0.2) is 16.0 Å². The number of hydrogen-bond donors (Lipinski definition) is 1. The van der Waals surface area contributed by atoms with Crippen LogP contribution in [0, 0.1) is 0 Å². The molecule has 1 fully saturated rings. The second-order valence-electron chi connectivity index (χ2n) is 6.48. The third kappa shape index (κ3) is 3.63. The fourth-order valence-corrected chi connectivity index (χ4v) is 3.42. The molecule has 0 radical (unpaired) electrons. The van der Waals surface area contributed by atoms with Gasteiger partial charge in [-0.05, 0) is 43.2 Å². The highest BCUT2D eigenvalue weighted by molar-refractivity contribution is 6.30. The predicted molar refractivity (Wildman–Crippen MR) is 100 cm³/mol. The smallest absolute Gasteiger partial charge is 0.255 e. The molecule has 2 aromatic carbocycles. The molecule has 1 aliphatic carbocycles. The standard InChI is InChI=1S/C20H18ClN3O2/c21-16-6-3-7-17(12-16)22-19(25)14-10-8-13(9-11-14)18-23-20(26-24-18)15-4-1-2-5-15/h3,6-12,15H,1-2,4-5H2,(H,22,25). The Bertz CT molecular complexity index is 915. The second-order valence-corrected chi connectivity index (χ2v) is 6.92.